The lowest BCUT2D eigenvalue weighted by atomic mass is 10.2. The molecule has 0 saturated carbocycles. The number of ether oxygens (including phenoxy) is 1. The van der Waals surface area contributed by atoms with E-state index in [0.717, 1.165) is 18.7 Å². The van der Waals surface area contributed by atoms with E-state index in [1.807, 2.05) is 12.2 Å². The van der Waals surface area contributed by atoms with Gasteiger partial charge in [-0.05, 0) is 24.6 Å². The minimum absolute atomic E-state index is 0.0220. The molecular formula is C12H17N2O3+. The van der Waals surface area contributed by atoms with Gasteiger partial charge in [-0.15, -0.1) is 0 Å². The lowest BCUT2D eigenvalue weighted by Gasteiger charge is -2.06. The van der Waals surface area contributed by atoms with Crippen LogP contribution in [0.4, 0.5) is 5.69 Å². The molecule has 5 nitrogen and oxygen atoms in total. The normalized spacial score (nSPS) is 9.94. The van der Waals surface area contributed by atoms with Crippen LogP contribution in [-0.4, -0.2) is 24.6 Å². The average molecular weight is 237 g/mol. The highest BCUT2D eigenvalue weighted by Crippen LogP contribution is 2.27. The summed E-state index contributed by atoms with van der Waals surface area (Å²) in [5.74, 6) is 0.326. The highest BCUT2D eigenvalue weighted by atomic mass is 16.6. The Balaban J connectivity index is 2.58. The SMILES string of the molecule is C=CC[NH2+]CCOc1ccc(C)cc1[N+](=O)[O-]. The number of nitrogens with zero attached hydrogens (tertiary/aromatic N) is 1. The second kappa shape index (κ2) is 6.65. The summed E-state index contributed by atoms with van der Waals surface area (Å²) in [4.78, 5) is 10.4. The van der Waals surface area contributed by atoms with Gasteiger partial charge in [0.2, 0.25) is 0 Å². The predicted molar refractivity (Wildman–Crippen MR) is 65.2 cm³/mol. The van der Waals surface area contributed by atoms with Gasteiger partial charge in [-0.1, -0.05) is 12.6 Å². The highest BCUT2D eigenvalue weighted by molar-refractivity contribution is 5.48. The molecule has 5 heteroatoms. The fourth-order valence-electron chi connectivity index (χ4n) is 1.38. The monoisotopic (exact) mass is 237 g/mol. The Morgan fingerprint density at radius 2 is 2.35 bits per heavy atom. The molecule has 0 fully saturated rings. The van der Waals surface area contributed by atoms with Crippen LogP contribution in [0.2, 0.25) is 0 Å². The maximum absolute atomic E-state index is 10.8. The molecule has 0 aromatic heterocycles. The van der Waals surface area contributed by atoms with Crippen molar-refractivity contribution in [2.45, 2.75) is 6.92 Å². The molecule has 0 heterocycles. The van der Waals surface area contributed by atoms with E-state index in [-0.39, 0.29) is 5.69 Å². The number of hydrogen-bond donors (Lipinski definition) is 1. The van der Waals surface area contributed by atoms with Crippen LogP contribution in [0.3, 0.4) is 0 Å². The molecule has 1 aromatic carbocycles. The number of aryl methyl sites for hydroxylation is 1. The first-order valence-corrected chi connectivity index (χ1v) is 5.45. The summed E-state index contributed by atoms with van der Waals surface area (Å²) in [5.41, 5.74) is 0.871. The number of hydrogen-bond acceptors (Lipinski definition) is 3. The highest BCUT2D eigenvalue weighted by Gasteiger charge is 2.14. The van der Waals surface area contributed by atoms with Crippen LogP contribution in [0, 0.1) is 17.0 Å². The summed E-state index contributed by atoms with van der Waals surface area (Å²) in [6.07, 6.45) is 1.80. The maximum Gasteiger partial charge on any atom is 0.311 e. The van der Waals surface area contributed by atoms with Gasteiger partial charge >= 0.3 is 5.69 Å². The molecule has 17 heavy (non-hydrogen) atoms. The van der Waals surface area contributed by atoms with Crippen LogP contribution in [0.15, 0.2) is 30.9 Å². The second-order valence-corrected chi connectivity index (χ2v) is 3.68. The van der Waals surface area contributed by atoms with Gasteiger partial charge in [0.25, 0.3) is 0 Å². The van der Waals surface area contributed by atoms with Crippen molar-refractivity contribution in [3.05, 3.63) is 46.5 Å². The van der Waals surface area contributed by atoms with E-state index in [2.05, 4.69) is 6.58 Å². The number of nitro groups is 1. The fraction of sp³-hybridized carbons (Fsp3) is 0.333. The number of benzene rings is 1. The summed E-state index contributed by atoms with van der Waals surface area (Å²) in [5, 5.41) is 12.8. The molecule has 0 bridgehead atoms. The van der Waals surface area contributed by atoms with E-state index in [1.165, 1.54) is 6.07 Å². The first kappa shape index (κ1) is 13.2. The number of quaternary nitrogens is 1. The van der Waals surface area contributed by atoms with Crippen molar-refractivity contribution in [3.63, 3.8) is 0 Å². The Morgan fingerprint density at radius 1 is 1.59 bits per heavy atom. The quantitative estimate of drug-likeness (QED) is 0.333. The third-order valence-corrected chi connectivity index (χ3v) is 2.22. The van der Waals surface area contributed by atoms with Crippen molar-refractivity contribution in [3.8, 4) is 5.75 Å². The fourth-order valence-corrected chi connectivity index (χ4v) is 1.38. The van der Waals surface area contributed by atoms with Gasteiger partial charge in [-0.2, -0.15) is 0 Å². The van der Waals surface area contributed by atoms with Crippen LogP contribution in [-0.2, 0) is 0 Å². The molecule has 0 aliphatic heterocycles. The molecule has 0 aliphatic carbocycles. The summed E-state index contributed by atoms with van der Waals surface area (Å²) in [6, 6.07) is 4.96. The molecule has 1 rings (SSSR count). The van der Waals surface area contributed by atoms with Crippen molar-refractivity contribution in [1.82, 2.24) is 0 Å². The number of nitro benzene ring substituents is 1. The van der Waals surface area contributed by atoms with Gasteiger partial charge in [-0.3, -0.25) is 10.1 Å². The maximum atomic E-state index is 10.8. The zero-order valence-corrected chi connectivity index (χ0v) is 9.89. The molecule has 92 valence electrons. The van der Waals surface area contributed by atoms with Crippen LogP contribution >= 0.6 is 0 Å². The minimum atomic E-state index is -0.421. The van der Waals surface area contributed by atoms with Gasteiger partial charge < -0.3 is 10.1 Å². The number of nitrogens with two attached hydrogens (primary N) is 1. The van der Waals surface area contributed by atoms with Crippen molar-refractivity contribution >= 4 is 5.69 Å². The van der Waals surface area contributed by atoms with Crippen molar-refractivity contribution < 1.29 is 15.0 Å². The van der Waals surface area contributed by atoms with Crippen LogP contribution in [0.1, 0.15) is 5.56 Å². The lowest BCUT2D eigenvalue weighted by molar-refractivity contribution is -0.646. The summed E-state index contributed by atoms with van der Waals surface area (Å²) >= 11 is 0. The van der Waals surface area contributed by atoms with Gasteiger partial charge in [0.1, 0.15) is 13.2 Å². The van der Waals surface area contributed by atoms with Crippen LogP contribution in [0.5, 0.6) is 5.75 Å². The van der Waals surface area contributed by atoms with E-state index in [4.69, 9.17) is 4.74 Å². The Hall–Kier alpha value is -1.88. The molecule has 1 aromatic rings. The molecule has 2 N–H and O–H groups in total. The largest absolute Gasteiger partial charge is 0.481 e. The third kappa shape index (κ3) is 4.24. The molecule has 0 unspecified atom stereocenters. The van der Waals surface area contributed by atoms with Crippen molar-refractivity contribution in [2.24, 2.45) is 0 Å². The molecule has 0 radical (unpaired) electrons. The van der Waals surface area contributed by atoms with E-state index in [0.29, 0.717) is 12.4 Å². The molecule has 0 aliphatic rings. The van der Waals surface area contributed by atoms with Crippen LogP contribution < -0.4 is 10.1 Å². The molecule has 0 spiro atoms. The topological polar surface area (TPSA) is 69.0 Å². The smallest absolute Gasteiger partial charge is 0.311 e. The predicted octanol–water partition coefficient (Wildman–Crippen LogP) is 1.03. The summed E-state index contributed by atoms with van der Waals surface area (Å²) < 4.78 is 5.39. The number of rotatable bonds is 7. The Bertz CT molecular complexity index is 405. The van der Waals surface area contributed by atoms with Gasteiger partial charge in [0.05, 0.1) is 11.5 Å². The zero-order valence-electron chi connectivity index (χ0n) is 9.89. The van der Waals surface area contributed by atoms with Gasteiger partial charge in [0, 0.05) is 6.07 Å². The molecule has 0 saturated heterocycles. The Morgan fingerprint density at radius 3 is 3.00 bits per heavy atom. The first-order chi connectivity index (χ1) is 8.15. The first-order valence-electron chi connectivity index (χ1n) is 5.45. The van der Waals surface area contributed by atoms with Crippen molar-refractivity contribution in [2.75, 3.05) is 19.7 Å². The molecular weight excluding hydrogens is 220 g/mol. The Kier molecular flexibility index (Phi) is 5.16. The molecule has 0 atom stereocenters. The second-order valence-electron chi connectivity index (χ2n) is 3.68. The zero-order chi connectivity index (χ0) is 12.7. The molecule has 0 amide bonds. The van der Waals surface area contributed by atoms with Crippen molar-refractivity contribution in [1.29, 1.82) is 0 Å². The standard InChI is InChI=1S/C12H16N2O3/c1-3-6-13-7-8-17-12-5-4-10(2)9-11(12)14(15)16/h3-5,9,13H,1,6-8H2,2H3/p+1. The van der Waals surface area contributed by atoms with E-state index < -0.39 is 4.92 Å². The third-order valence-electron chi connectivity index (χ3n) is 2.22. The summed E-state index contributed by atoms with van der Waals surface area (Å²) in [7, 11) is 0. The van der Waals surface area contributed by atoms with Gasteiger partial charge in [-0.25, -0.2) is 0 Å². The van der Waals surface area contributed by atoms with E-state index in [9.17, 15) is 10.1 Å². The van der Waals surface area contributed by atoms with Crippen LogP contribution in [0.25, 0.3) is 0 Å². The van der Waals surface area contributed by atoms with E-state index in [1.54, 1.807) is 18.2 Å². The van der Waals surface area contributed by atoms with E-state index >= 15 is 0 Å². The Labute approximate surface area is 100 Å². The lowest BCUT2D eigenvalue weighted by Crippen LogP contribution is -2.85. The minimum Gasteiger partial charge on any atom is -0.481 e. The average Bonchev–Trinajstić information content (AvgIpc) is 2.30. The van der Waals surface area contributed by atoms with Gasteiger partial charge in [0.15, 0.2) is 5.75 Å². The summed E-state index contributed by atoms with van der Waals surface area (Å²) in [6.45, 7) is 7.42.